The van der Waals surface area contributed by atoms with Crippen molar-refractivity contribution in [3.63, 3.8) is 0 Å². The van der Waals surface area contributed by atoms with E-state index in [2.05, 4.69) is 0 Å². The van der Waals surface area contributed by atoms with Gasteiger partial charge in [-0.05, 0) is 121 Å². The average Bonchev–Trinajstić information content (AvgIpc) is 3.15. The fourth-order valence-electron chi connectivity index (χ4n) is 6.81. The lowest BCUT2D eigenvalue weighted by Crippen LogP contribution is -2.61. The molecule has 0 spiro atoms. The van der Waals surface area contributed by atoms with Crippen molar-refractivity contribution >= 4 is 22.4 Å². The molecule has 234 valence electrons. The summed E-state index contributed by atoms with van der Waals surface area (Å²) in [4.78, 5) is 12.8. The zero-order chi connectivity index (χ0) is 36.0. The molecule has 0 bridgehead atoms. The van der Waals surface area contributed by atoms with E-state index in [1.165, 1.54) is 19.6 Å². The first-order chi connectivity index (χ1) is 20.3. The van der Waals surface area contributed by atoms with Gasteiger partial charge in [-0.15, -0.1) is 0 Å². The maximum absolute atomic E-state index is 14.2. The summed E-state index contributed by atoms with van der Waals surface area (Å²) in [5.74, 6) is -1.00. The SMILES string of the molecule is [2H]C([2H])([2H])C(CCC[C@H](C/C=C/C(O[Si](C)(C)C)(C(F)(F)F)C(F)(F)F)[C@H]1CC[C@H]2C(=O)CCC[C@]12C)(O[Si](C)(C)C)C([2H])([2H])[2H]. The topological polar surface area (TPSA) is 35.5 Å². The number of ketones is 1. The molecule has 0 aromatic heterocycles. The number of Topliss-reactive ketones (excluding diaryl/α,β-unsaturated/α-hetero) is 1. The van der Waals surface area contributed by atoms with Crippen molar-refractivity contribution in [1.29, 1.82) is 0 Å². The van der Waals surface area contributed by atoms with E-state index < -0.39 is 71.6 Å². The first-order valence-electron chi connectivity index (χ1n) is 17.1. The van der Waals surface area contributed by atoms with Crippen molar-refractivity contribution in [2.24, 2.45) is 23.2 Å². The van der Waals surface area contributed by atoms with Crippen LogP contribution in [0.15, 0.2) is 12.2 Å². The van der Waals surface area contributed by atoms with Crippen LogP contribution in [0.2, 0.25) is 39.3 Å². The van der Waals surface area contributed by atoms with Crippen LogP contribution in [-0.4, -0.2) is 46.0 Å². The van der Waals surface area contributed by atoms with Gasteiger partial charge in [0.1, 0.15) is 5.78 Å². The summed E-state index contributed by atoms with van der Waals surface area (Å²) in [6.07, 6.45) is -8.46. The number of carbonyl (C=O) groups excluding carboxylic acids is 1. The van der Waals surface area contributed by atoms with Gasteiger partial charge < -0.3 is 8.85 Å². The standard InChI is InChI=1S/C29H50F6O3Si2/c1-25(2,37-39(4,5)6)18-10-13-21(22-16-17-23-24(36)15-12-19-26(22,23)3)14-11-20-27(28(30,31)32,29(33,34)35)38-40(7,8)9/h11,20-23H,10,12-19H2,1-9H3/b20-11+/t21-,22-,23+,26-/m1/s1/i1D3,2D3. The highest BCUT2D eigenvalue weighted by atomic mass is 28.4. The van der Waals surface area contributed by atoms with E-state index >= 15 is 0 Å². The molecule has 0 aromatic rings. The Kier molecular flexibility index (Phi) is 8.18. The van der Waals surface area contributed by atoms with Crippen LogP contribution in [0.25, 0.3) is 0 Å². The lowest BCUT2D eigenvalue weighted by atomic mass is 9.61. The Bertz CT molecular complexity index is 1070. The van der Waals surface area contributed by atoms with Gasteiger partial charge >= 0.3 is 12.4 Å². The Hall–Kier alpha value is -0.656. The molecule has 11 heteroatoms. The highest BCUT2D eigenvalue weighted by Crippen LogP contribution is 2.58. The van der Waals surface area contributed by atoms with Crippen LogP contribution in [0.5, 0.6) is 0 Å². The van der Waals surface area contributed by atoms with Crippen LogP contribution in [0.4, 0.5) is 26.3 Å². The third-order valence-corrected chi connectivity index (χ3v) is 10.1. The van der Waals surface area contributed by atoms with Gasteiger partial charge in [-0.1, -0.05) is 19.4 Å². The number of alkyl halides is 6. The number of rotatable bonds is 12. The zero-order valence-electron chi connectivity index (χ0n) is 30.7. The lowest BCUT2D eigenvalue weighted by molar-refractivity contribution is -0.340. The Morgan fingerprint density at radius 2 is 1.57 bits per heavy atom. The summed E-state index contributed by atoms with van der Waals surface area (Å²) in [5.41, 5.74) is -7.55. The summed E-state index contributed by atoms with van der Waals surface area (Å²) < 4.78 is 145. The number of hydrogen-bond acceptors (Lipinski definition) is 3. The minimum Gasteiger partial charge on any atom is -0.413 e. The Labute approximate surface area is 247 Å². The van der Waals surface area contributed by atoms with Gasteiger partial charge in [-0.3, -0.25) is 4.79 Å². The predicted octanol–water partition coefficient (Wildman–Crippen LogP) is 9.85. The summed E-state index contributed by atoms with van der Waals surface area (Å²) in [6.45, 7) is 4.58. The summed E-state index contributed by atoms with van der Waals surface area (Å²) in [5, 5.41) is 0. The normalized spacial score (nSPS) is 29.3. The van der Waals surface area contributed by atoms with Crippen molar-refractivity contribution in [2.45, 2.75) is 141 Å². The average molecular weight is 623 g/mol. The van der Waals surface area contributed by atoms with Crippen LogP contribution in [0, 0.1) is 23.2 Å². The van der Waals surface area contributed by atoms with Gasteiger partial charge in [0.25, 0.3) is 5.60 Å². The molecular formula is C29H50F6O3Si2. The van der Waals surface area contributed by atoms with Crippen molar-refractivity contribution in [1.82, 2.24) is 0 Å². The monoisotopic (exact) mass is 622 g/mol. The van der Waals surface area contributed by atoms with Crippen LogP contribution >= 0.6 is 0 Å². The maximum atomic E-state index is 14.2. The van der Waals surface area contributed by atoms with Crippen molar-refractivity contribution in [3.8, 4) is 0 Å². The molecule has 0 aromatic carbocycles. The van der Waals surface area contributed by atoms with E-state index in [4.69, 9.17) is 17.1 Å². The molecule has 40 heavy (non-hydrogen) atoms. The van der Waals surface area contributed by atoms with Crippen LogP contribution in [-0.2, 0) is 13.6 Å². The molecule has 0 aliphatic heterocycles. The first-order valence-corrected chi connectivity index (χ1v) is 20.9. The van der Waals surface area contributed by atoms with Crippen molar-refractivity contribution in [3.05, 3.63) is 12.2 Å². The van der Waals surface area contributed by atoms with Crippen LogP contribution < -0.4 is 0 Å². The largest absolute Gasteiger partial charge is 0.429 e. The van der Waals surface area contributed by atoms with E-state index in [0.717, 1.165) is 6.08 Å². The lowest BCUT2D eigenvalue weighted by Gasteiger charge is -2.43. The van der Waals surface area contributed by atoms with Gasteiger partial charge in [-0.2, -0.15) is 26.3 Å². The third-order valence-electron chi connectivity index (χ3n) is 8.19. The van der Waals surface area contributed by atoms with E-state index in [1.807, 2.05) is 6.92 Å². The molecule has 4 atom stereocenters. The molecule has 0 heterocycles. The molecule has 0 radical (unpaired) electrons. The highest BCUT2D eigenvalue weighted by Gasteiger charge is 2.71. The fraction of sp³-hybridized carbons (Fsp3) is 0.897. The molecule has 0 unspecified atom stereocenters. The van der Waals surface area contributed by atoms with Gasteiger partial charge in [0.15, 0.2) is 16.6 Å². The Balaban J connectivity index is 2.56. The minimum absolute atomic E-state index is 0.0138. The minimum atomic E-state index is -5.80. The van der Waals surface area contributed by atoms with Crippen molar-refractivity contribution < 1.29 is 48.2 Å². The van der Waals surface area contributed by atoms with E-state index in [9.17, 15) is 31.1 Å². The number of halogens is 6. The molecule has 2 aliphatic carbocycles. The molecule has 2 aliphatic rings. The molecule has 2 fully saturated rings. The first kappa shape index (κ1) is 26.9. The van der Waals surface area contributed by atoms with E-state index in [1.54, 1.807) is 19.6 Å². The quantitative estimate of drug-likeness (QED) is 0.123. The van der Waals surface area contributed by atoms with Crippen LogP contribution in [0.1, 0.15) is 86.6 Å². The molecule has 0 amide bonds. The summed E-state index contributed by atoms with van der Waals surface area (Å²) in [7, 11) is -6.15. The maximum Gasteiger partial charge on any atom is 0.429 e. The Morgan fingerprint density at radius 3 is 2.08 bits per heavy atom. The summed E-state index contributed by atoms with van der Waals surface area (Å²) >= 11 is 0. The number of allylic oxidation sites excluding steroid dienone is 1. The van der Waals surface area contributed by atoms with E-state index in [0.29, 0.717) is 32.1 Å². The fourth-order valence-corrected chi connectivity index (χ4v) is 9.22. The van der Waals surface area contributed by atoms with Gasteiger partial charge in [-0.25, -0.2) is 0 Å². The molecule has 2 rings (SSSR count). The number of fused-ring (bicyclic) bond motifs is 1. The second kappa shape index (κ2) is 12.1. The molecular weight excluding hydrogens is 566 g/mol. The number of hydrogen-bond donors (Lipinski definition) is 0. The molecule has 2 saturated carbocycles. The number of carbonyl (C=O) groups is 1. The van der Waals surface area contributed by atoms with Gasteiger partial charge in [0.2, 0.25) is 0 Å². The second-order valence-electron chi connectivity index (χ2n) is 13.8. The van der Waals surface area contributed by atoms with Gasteiger partial charge in [0.05, 0.1) is 5.60 Å². The second-order valence-corrected chi connectivity index (χ2v) is 22.7. The smallest absolute Gasteiger partial charge is 0.413 e. The molecule has 0 saturated heterocycles. The zero-order valence-corrected chi connectivity index (χ0v) is 26.7. The predicted molar refractivity (Wildman–Crippen MR) is 152 cm³/mol. The highest BCUT2D eigenvalue weighted by molar-refractivity contribution is 6.70. The molecule has 0 N–H and O–H groups in total. The summed E-state index contributed by atoms with van der Waals surface area (Å²) in [6, 6.07) is 0. The van der Waals surface area contributed by atoms with Crippen molar-refractivity contribution in [2.75, 3.05) is 0 Å². The van der Waals surface area contributed by atoms with E-state index in [-0.39, 0.29) is 43.0 Å². The van der Waals surface area contributed by atoms with Crippen LogP contribution in [0.3, 0.4) is 0 Å². The third kappa shape index (κ3) is 8.69. The molecule has 3 nitrogen and oxygen atoms in total. The Morgan fingerprint density at radius 1 is 1.00 bits per heavy atom. The van der Waals surface area contributed by atoms with Gasteiger partial charge in [0, 0.05) is 20.6 Å².